The standard InChI is InChI=1S/C22H24BrNO4S/c23-17-2-4-18(5-3-17)29-12-7-21(25)24-14-22(8-10-26-11-9-22)16-1-6-19-20(13-16)28-15-27-19/h1-6,13H,7-12,14-15H2,(H,24,25). The molecule has 29 heavy (non-hydrogen) atoms. The number of benzene rings is 2. The highest BCUT2D eigenvalue weighted by Gasteiger charge is 2.36. The number of hydrogen-bond acceptors (Lipinski definition) is 5. The number of carbonyl (C=O) groups excluding carboxylic acids is 1. The van der Waals surface area contributed by atoms with Crippen molar-refractivity contribution in [3.63, 3.8) is 0 Å². The Labute approximate surface area is 183 Å². The van der Waals surface area contributed by atoms with Gasteiger partial charge in [0, 0.05) is 46.7 Å². The van der Waals surface area contributed by atoms with Crippen LogP contribution in [0.1, 0.15) is 24.8 Å². The van der Waals surface area contributed by atoms with Gasteiger partial charge in [-0.1, -0.05) is 22.0 Å². The molecule has 1 saturated heterocycles. The number of fused-ring (bicyclic) bond motifs is 1. The normalized spacial score (nSPS) is 17.1. The van der Waals surface area contributed by atoms with Gasteiger partial charge in [0.25, 0.3) is 0 Å². The fourth-order valence-electron chi connectivity index (χ4n) is 3.70. The summed E-state index contributed by atoms with van der Waals surface area (Å²) in [5, 5.41) is 3.17. The first-order chi connectivity index (χ1) is 14.1. The Balaban J connectivity index is 1.34. The molecule has 5 nitrogen and oxygen atoms in total. The number of rotatable bonds is 7. The highest BCUT2D eigenvalue weighted by atomic mass is 79.9. The molecule has 2 aromatic rings. The van der Waals surface area contributed by atoms with Crippen molar-refractivity contribution in [1.29, 1.82) is 0 Å². The van der Waals surface area contributed by atoms with E-state index in [0.717, 1.165) is 34.6 Å². The number of ether oxygens (including phenoxy) is 3. The second-order valence-corrected chi connectivity index (χ2v) is 9.37. The number of halogens is 1. The van der Waals surface area contributed by atoms with Gasteiger partial charge in [0.2, 0.25) is 12.7 Å². The third kappa shape index (κ3) is 5.08. The first-order valence-electron chi connectivity index (χ1n) is 9.78. The maximum atomic E-state index is 12.5. The van der Waals surface area contributed by atoms with E-state index in [2.05, 4.69) is 45.5 Å². The van der Waals surface area contributed by atoms with Crippen LogP contribution in [0.25, 0.3) is 0 Å². The van der Waals surface area contributed by atoms with Crippen LogP contribution in [0.4, 0.5) is 0 Å². The van der Waals surface area contributed by atoms with Crippen molar-refractivity contribution in [3.8, 4) is 11.5 Å². The molecule has 2 heterocycles. The van der Waals surface area contributed by atoms with E-state index in [-0.39, 0.29) is 18.1 Å². The van der Waals surface area contributed by atoms with Crippen molar-refractivity contribution in [3.05, 3.63) is 52.5 Å². The Morgan fingerprint density at radius 2 is 1.83 bits per heavy atom. The third-order valence-electron chi connectivity index (χ3n) is 5.47. The average Bonchev–Trinajstić information content (AvgIpc) is 3.22. The Kier molecular flexibility index (Phi) is 6.67. The molecule has 0 bridgehead atoms. The Hall–Kier alpha value is -1.70. The Morgan fingerprint density at radius 1 is 1.07 bits per heavy atom. The fraction of sp³-hybridized carbons (Fsp3) is 0.409. The molecule has 0 unspecified atom stereocenters. The summed E-state index contributed by atoms with van der Waals surface area (Å²) >= 11 is 5.13. The minimum absolute atomic E-state index is 0.0845. The predicted molar refractivity (Wildman–Crippen MR) is 117 cm³/mol. The van der Waals surface area contributed by atoms with Crippen LogP contribution in [0.3, 0.4) is 0 Å². The van der Waals surface area contributed by atoms with Gasteiger partial charge in [0.1, 0.15) is 0 Å². The molecule has 0 atom stereocenters. The van der Waals surface area contributed by atoms with E-state index in [0.29, 0.717) is 26.2 Å². The van der Waals surface area contributed by atoms with E-state index in [1.165, 1.54) is 10.5 Å². The zero-order chi connectivity index (χ0) is 20.1. The Morgan fingerprint density at radius 3 is 2.62 bits per heavy atom. The summed E-state index contributed by atoms with van der Waals surface area (Å²) in [4.78, 5) is 13.7. The minimum atomic E-state index is -0.131. The molecule has 1 amide bonds. The van der Waals surface area contributed by atoms with Gasteiger partial charge in [0.15, 0.2) is 11.5 Å². The van der Waals surface area contributed by atoms with Crippen LogP contribution in [0.2, 0.25) is 0 Å². The highest BCUT2D eigenvalue weighted by Crippen LogP contribution is 2.40. The molecule has 0 aromatic heterocycles. The smallest absolute Gasteiger partial charge is 0.231 e. The lowest BCUT2D eigenvalue weighted by atomic mass is 9.74. The number of carbonyl (C=O) groups is 1. The average molecular weight is 478 g/mol. The molecular weight excluding hydrogens is 454 g/mol. The van der Waals surface area contributed by atoms with E-state index in [4.69, 9.17) is 14.2 Å². The minimum Gasteiger partial charge on any atom is -0.454 e. The SMILES string of the molecule is O=C(CCSc1ccc(Br)cc1)NCC1(c2ccc3c(c2)OCO3)CCOCC1. The lowest BCUT2D eigenvalue weighted by Crippen LogP contribution is -2.44. The summed E-state index contributed by atoms with van der Waals surface area (Å²) in [6.45, 7) is 2.27. The lowest BCUT2D eigenvalue weighted by molar-refractivity contribution is -0.121. The van der Waals surface area contributed by atoms with Crippen LogP contribution in [0, 0.1) is 0 Å². The van der Waals surface area contributed by atoms with Crippen LogP contribution in [0.15, 0.2) is 51.8 Å². The van der Waals surface area contributed by atoms with Gasteiger partial charge in [-0.3, -0.25) is 4.79 Å². The maximum Gasteiger partial charge on any atom is 0.231 e. The maximum absolute atomic E-state index is 12.5. The Bertz CT molecular complexity index is 852. The molecule has 1 fully saturated rings. The topological polar surface area (TPSA) is 56.8 Å². The van der Waals surface area contributed by atoms with E-state index < -0.39 is 0 Å². The molecule has 2 aromatic carbocycles. The van der Waals surface area contributed by atoms with Crippen molar-refractivity contribution in [2.45, 2.75) is 29.6 Å². The van der Waals surface area contributed by atoms with Crippen molar-refractivity contribution < 1.29 is 19.0 Å². The van der Waals surface area contributed by atoms with Gasteiger partial charge in [-0.15, -0.1) is 11.8 Å². The molecule has 2 aliphatic heterocycles. The monoisotopic (exact) mass is 477 g/mol. The number of amides is 1. The summed E-state index contributed by atoms with van der Waals surface area (Å²) in [6.07, 6.45) is 2.25. The van der Waals surface area contributed by atoms with Crippen LogP contribution >= 0.6 is 27.7 Å². The zero-order valence-corrected chi connectivity index (χ0v) is 18.5. The quantitative estimate of drug-likeness (QED) is 0.593. The van der Waals surface area contributed by atoms with Crippen LogP contribution < -0.4 is 14.8 Å². The van der Waals surface area contributed by atoms with Crippen molar-refractivity contribution in [1.82, 2.24) is 5.32 Å². The van der Waals surface area contributed by atoms with Gasteiger partial charge in [-0.25, -0.2) is 0 Å². The second-order valence-electron chi connectivity index (χ2n) is 7.29. The van der Waals surface area contributed by atoms with Crippen molar-refractivity contribution in [2.24, 2.45) is 0 Å². The summed E-state index contributed by atoms with van der Waals surface area (Å²) in [5.74, 6) is 2.41. The molecule has 7 heteroatoms. The van der Waals surface area contributed by atoms with Crippen molar-refractivity contribution in [2.75, 3.05) is 32.3 Å². The molecule has 0 saturated carbocycles. The van der Waals surface area contributed by atoms with Crippen LogP contribution in [-0.4, -0.2) is 38.2 Å². The van der Waals surface area contributed by atoms with Gasteiger partial charge < -0.3 is 19.5 Å². The molecule has 1 N–H and O–H groups in total. The number of thioether (sulfide) groups is 1. The summed E-state index contributed by atoms with van der Waals surface area (Å²) in [6, 6.07) is 14.3. The lowest BCUT2D eigenvalue weighted by Gasteiger charge is -2.38. The van der Waals surface area contributed by atoms with E-state index >= 15 is 0 Å². The molecule has 2 aliphatic rings. The van der Waals surface area contributed by atoms with Crippen molar-refractivity contribution >= 4 is 33.6 Å². The van der Waals surface area contributed by atoms with Crippen LogP contribution in [0.5, 0.6) is 11.5 Å². The first kappa shape index (κ1) is 20.6. The highest BCUT2D eigenvalue weighted by molar-refractivity contribution is 9.10. The van der Waals surface area contributed by atoms with E-state index in [9.17, 15) is 4.79 Å². The van der Waals surface area contributed by atoms with Gasteiger partial charge in [-0.05, 0) is 54.8 Å². The molecule has 4 rings (SSSR count). The molecule has 0 aliphatic carbocycles. The summed E-state index contributed by atoms with van der Waals surface area (Å²) in [5.41, 5.74) is 1.04. The largest absolute Gasteiger partial charge is 0.454 e. The summed E-state index contributed by atoms with van der Waals surface area (Å²) in [7, 11) is 0. The van der Waals surface area contributed by atoms with E-state index in [1.807, 2.05) is 18.2 Å². The molecule has 0 spiro atoms. The first-order valence-corrected chi connectivity index (χ1v) is 11.6. The predicted octanol–water partition coefficient (Wildman–Crippen LogP) is 4.52. The molecular formula is C22H24BrNO4S. The van der Waals surface area contributed by atoms with Gasteiger partial charge in [-0.2, -0.15) is 0 Å². The second kappa shape index (κ2) is 9.41. The number of nitrogens with one attached hydrogen (secondary N) is 1. The molecule has 154 valence electrons. The zero-order valence-electron chi connectivity index (χ0n) is 16.1. The van der Waals surface area contributed by atoms with Crippen LogP contribution in [-0.2, 0) is 14.9 Å². The number of hydrogen-bond donors (Lipinski definition) is 1. The fourth-order valence-corrected chi connectivity index (χ4v) is 4.82. The molecule has 0 radical (unpaired) electrons. The summed E-state index contributed by atoms with van der Waals surface area (Å²) < 4.78 is 17.6. The van der Waals surface area contributed by atoms with Gasteiger partial charge in [0.05, 0.1) is 0 Å². The van der Waals surface area contributed by atoms with E-state index in [1.54, 1.807) is 11.8 Å². The third-order valence-corrected chi connectivity index (χ3v) is 7.01. The van der Waals surface area contributed by atoms with Gasteiger partial charge >= 0.3 is 0 Å².